The van der Waals surface area contributed by atoms with Crippen LogP contribution in [0.5, 0.6) is 0 Å². The molecule has 0 radical (unpaired) electrons. The molecule has 1 saturated heterocycles. The first-order valence-electron chi connectivity index (χ1n) is 10.8. The minimum absolute atomic E-state index is 0.00580. The number of imidazole rings is 1. The maximum atomic E-state index is 13.3. The number of anilines is 1. The minimum Gasteiger partial charge on any atom is -0.507 e. The molecule has 6 rings (SSSR count). The Hall–Kier alpha value is -4.78. The summed E-state index contributed by atoms with van der Waals surface area (Å²) in [6.45, 7) is 0. The summed E-state index contributed by atoms with van der Waals surface area (Å²) < 4.78 is 0. The Morgan fingerprint density at radius 2 is 1.71 bits per heavy atom. The number of nitrogens with zero attached hydrogens (tertiary/aromatic N) is 3. The van der Waals surface area contributed by atoms with Crippen molar-refractivity contribution in [1.82, 2.24) is 15.0 Å². The number of para-hydroxylation sites is 2. The molecule has 2 N–H and O–H groups in total. The lowest BCUT2D eigenvalue weighted by Crippen LogP contribution is -2.30. The van der Waals surface area contributed by atoms with Crippen LogP contribution in [-0.4, -0.2) is 31.7 Å². The van der Waals surface area contributed by atoms with Crippen LogP contribution >= 0.6 is 0 Å². The normalized spacial score (nSPS) is 17.6. The Morgan fingerprint density at radius 3 is 2.50 bits per heavy atom. The Kier molecular flexibility index (Phi) is 4.48. The van der Waals surface area contributed by atoms with E-state index in [1.54, 1.807) is 36.7 Å². The number of Topliss-reactive ketones (excluding diaryl/α,β-unsaturated/α-hetero) is 1. The second kappa shape index (κ2) is 7.67. The van der Waals surface area contributed by atoms with Crippen molar-refractivity contribution in [2.75, 3.05) is 4.90 Å². The molecule has 3 aromatic carbocycles. The van der Waals surface area contributed by atoms with Crippen LogP contribution < -0.4 is 4.90 Å². The van der Waals surface area contributed by atoms with E-state index in [1.165, 1.54) is 4.90 Å². The number of aliphatic hydroxyl groups is 1. The van der Waals surface area contributed by atoms with E-state index in [9.17, 15) is 14.7 Å². The summed E-state index contributed by atoms with van der Waals surface area (Å²) in [5, 5.41) is 13.3. The van der Waals surface area contributed by atoms with E-state index >= 15 is 0 Å². The van der Waals surface area contributed by atoms with Crippen molar-refractivity contribution in [2.45, 2.75) is 6.04 Å². The molecule has 2 aromatic heterocycles. The van der Waals surface area contributed by atoms with Crippen molar-refractivity contribution in [1.29, 1.82) is 0 Å². The van der Waals surface area contributed by atoms with Gasteiger partial charge in [0.1, 0.15) is 5.76 Å². The number of aromatic amines is 1. The average molecular weight is 446 g/mol. The third-order valence-corrected chi connectivity index (χ3v) is 6.07. The van der Waals surface area contributed by atoms with Crippen molar-refractivity contribution in [3.8, 4) is 0 Å². The van der Waals surface area contributed by atoms with Crippen molar-refractivity contribution >= 4 is 45.2 Å². The Balaban J connectivity index is 1.57. The van der Waals surface area contributed by atoms with Gasteiger partial charge in [-0.1, -0.05) is 54.6 Å². The van der Waals surface area contributed by atoms with Crippen LogP contribution in [0.3, 0.4) is 0 Å². The summed E-state index contributed by atoms with van der Waals surface area (Å²) in [5.74, 6) is -1.55. The van der Waals surface area contributed by atoms with Gasteiger partial charge < -0.3 is 10.1 Å². The summed E-state index contributed by atoms with van der Waals surface area (Å²) in [6.07, 6.45) is 3.19. The zero-order chi connectivity index (χ0) is 23.2. The summed E-state index contributed by atoms with van der Waals surface area (Å²) in [5.41, 5.74) is 2.44. The zero-order valence-corrected chi connectivity index (χ0v) is 17.8. The molecule has 1 fully saturated rings. The molecule has 1 atom stereocenters. The van der Waals surface area contributed by atoms with Gasteiger partial charge in [0.2, 0.25) is 5.95 Å². The predicted molar refractivity (Wildman–Crippen MR) is 129 cm³/mol. The SMILES string of the molecule is O=C1C(=O)N(c2nc3ccccc3[nH]2)C(c2cccnc2)/C1=C(\O)c1ccc2ccccc2c1. The zero-order valence-electron chi connectivity index (χ0n) is 17.8. The average Bonchev–Trinajstić information content (AvgIpc) is 3.42. The number of ketones is 1. The van der Waals surface area contributed by atoms with Crippen LogP contribution in [0.2, 0.25) is 0 Å². The van der Waals surface area contributed by atoms with Crippen molar-refractivity contribution < 1.29 is 14.7 Å². The molecule has 5 aromatic rings. The van der Waals surface area contributed by atoms with Crippen molar-refractivity contribution in [2.24, 2.45) is 0 Å². The molecule has 164 valence electrons. The lowest BCUT2D eigenvalue weighted by Gasteiger charge is -2.22. The van der Waals surface area contributed by atoms with Gasteiger partial charge in [0.25, 0.3) is 5.78 Å². The van der Waals surface area contributed by atoms with E-state index < -0.39 is 17.7 Å². The van der Waals surface area contributed by atoms with Gasteiger partial charge in [-0.2, -0.15) is 0 Å². The summed E-state index contributed by atoms with van der Waals surface area (Å²) in [7, 11) is 0. The van der Waals surface area contributed by atoms with E-state index in [4.69, 9.17) is 0 Å². The molecule has 7 nitrogen and oxygen atoms in total. The number of pyridine rings is 1. The maximum Gasteiger partial charge on any atom is 0.302 e. The highest BCUT2D eigenvalue weighted by molar-refractivity contribution is 6.51. The van der Waals surface area contributed by atoms with E-state index in [-0.39, 0.29) is 17.3 Å². The van der Waals surface area contributed by atoms with E-state index in [0.29, 0.717) is 16.6 Å². The van der Waals surface area contributed by atoms with E-state index in [1.807, 2.05) is 54.6 Å². The fraction of sp³-hybridized carbons (Fsp3) is 0.0370. The molecule has 0 aliphatic carbocycles. The number of hydrogen-bond acceptors (Lipinski definition) is 5. The van der Waals surface area contributed by atoms with Crippen LogP contribution in [0.4, 0.5) is 5.95 Å². The lowest BCUT2D eigenvalue weighted by atomic mass is 9.95. The molecule has 34 heavy (non-hydrogen) atoms. The number of carbonyl (C=O) groups is 2. The first-order chi connectivity index (χ1) is 16.6. The van der Waals surface area contributed by atoms with Gasteiger partial charge in [-0.3, -0.25) is 19.5 Å². The van der Waals surface area contributed by atoms with Crippen LogP contribution in [0.15, 0.2) is 96.8 Å². The van der Waals surface area contributed by atoms with Gasteiger partial charge in [-0.05, 0) is 40.6 Å². The number of fused-ring (bicyclic) bond motifs is 2. The van der Waals surface area contributed by atoms with Gasteiger partial charge >= 0.3 is 5.91 Å². The predicted octanol–water partition coefficient (Wildman–Crippen LogP) is 4.74. The van der Waals surface area contributed by atoms with Crippen LogP contribution in [-0.2, 0) is 9.59 Å². The molecule has 7 heteroatoms. The minimum atomic E-state index is -0.888. The molecule has 3 heterocycles. The van der Waals surface area contributed by atoms with Gasteiger partial charge in [-0.15, -0.1) is 0 Å². The smallest absolute Gasteiger partial charge is 0.302 e. The Bertz CT molecular complexity index is 1590. The molecular formula is C27H18N4O3. The number of benzene rings is 3. The third-order valence-electron chi connectivity index (χ3n) is 6.07. The quantitative estimate of drug-likeness (QED) is 0.237. The number of amides is 1. The number of carbonyl (C=O) groups excluding carboxylic acids is 2. The van der Waals surface area contributed by atoms with E-state index in [2.05, 4.69) is 15.0 Å². The fourth-order valence-electron chi connectivity index (χ4n) is 4.45. The highest BCUT2D eigenvalue weighted by Crippen LogP contribution is 2.41. The number of hydrogen-bond donors (Lipinski definition) is 2. The largest absolute Gasteiger partial charge is 0.507 e. The Labute approximate surface area is 194 Å². The van der Waals surface area contributed by atoms with Crippen LogP contribution in [0, 0.1) is 0 Å². The summed E-state index contributed by atoms with van der Waals surface area (Å²) in [4.78, 5) is 39.7. The lowest BCUT2D eigenvalue weighted by molar-refractivity contribution is -0.132. The van der Waals surface area contributed by atoms with Crippen LogP contribution in [0.25, 0.3) is 27.6 Å². The van der Waals surface area contributed by atoms with Gasteiger partial charge in [-0.25, -0.2) is 4.98 Å². The van der Waals surface area contributed by atoms with Crippen LogP contribution in [0.1, 0.15) is 17.2 Å². The molecule has 0 bridgehead atoms. The van der Waals surface area contributed by atoms with Gasteiger partial charge in [0.15, 0.2) is 0 Å². The molecule has 1 aliphatic heterocycles. The fourth-order valence-corrected chi connectivity index (χ4v) is 4.45. The standard InChI is InChI=1S/C27H18N4O3/c32-24(18-12-11-16-6-1-2-7-17(16)14-18)22-23(19-8-5-13-28-15-19)31(26(34)25(22)33)27-29-20-9-3-4-10-21(20)30-27/h1-15,23,32H,(H,29,30)/b24-22+. The second-order valence-corrected chi connectivity index (χ2v) is 8.09. The third kappa shape index (κ3) is 3.06. The van der Waals surface area contributed by atoms with Crippen molar-refractivity contribution in [3.63, 3.8) is 0 Å². The molecule has 0 spiro atoms. The molecule has 0 saturated carbocycles. The number of rotatable bonds is 3. The Morgan fingerprint density at radius 1 is 0.912 bits per heavy atom. The number of aliphatic hydroxyl groups excluding tert-OH is 1. The maximum absolute atomic E-state index is 13.3. The number of nitrogens with one attached hydrogen (secondary N) is 1. The molecule has 1 unspecified atom stereocenters. The van der Waals surface area contributed by atoms with Gasteiger partial charge in [0.05, 0.1) is 22.6 Å². The highest BCUT2D eigenvalue weighted by Gasteiger charge is 2.48. The topological polar surface area (TPSA) is 99.2 Å². The highest BCUT2D eigenvalue weighted by atomic mass is 16.3. The molecule has 1 aliphatic rings. The molecule has 1 amide bonds. The van der Waals surface area contributed by atoms with Crippen molar-refractivity contribution in [3.05, 3.63) is 108 Å². The number of aromatic nitrogens is 3. The van der Waals surface area contributed by atoms with Gasteiger partial charge in [0, 0.05) is 18.0 Å². The first-order valence-corrected chi connectivity index (χ1v) is 10.8. The summed E-state index contributed by atoms with van der Waals surface area (Å²) >= 11 is 0. The number of H-pyrrole nitrogens is 1. The monoisotopic (exact) mass is 446 g/mol. The first kappa shape index (κ1) is 19.9. The second-order valence-electron chi connectivity index (χ2n) is 8.09. The van der Waals surface area contributed by atoms with E-state index in [0.717, 1.165) is 16.3 Å². The molecular weight excluding hydrogens is 428 g/mol. The summed E-state index contributed by atoms with van der Waals surface area (Å²) in [6, 6.07) is 23.1.